The van der Waals surface area contributed by atoms with E-state index in [9.17, 15) is 19.5 Å². The van der Waals surface area contributed by atoms with Gasteiger partial charge in [-0.3, -0.25) is 4.79 Å². The van der Waals surface area contributed by atoms with Crippen molar-refractivity contribution in [2.75, 3.05) is 11.9 Å². The lowest BCUT2D eigenvalue weighted by Crippen LogP contribution is -2.36. The molecule has 1 atom stereocenters. The first-order chi connectivity index (χ1) is 16.3. The van der Waals surface area contributed by atoms with Crippen LogP contribution in [-0.2, 0) is 9.53 Å². The number of halogens is 1. The van der Waals surface area contributed by atoms with E-state index in [1.807, 2.05) is 36.4 Å². The van der Waals surface area contributed by atoms with Crippen molar-refractivity contribution in [3.8, 4) is 11.1 Å². The second-order valence-corrected chi connectivity index (χ2v) is 8.95. The average Bonchev–Trinajstić information content (AvgIpc) is 3.12. The Morgan fingerprint density at radius 3 is 2.21 bits per heavy atom. The van der Waals surface area contributed by atoms with Crippen LogP contribution in [0.1, 0.15) is 40.7 Å². The summed E-state index contributed by atoms with van der Waals surface area (Å²) >= 11 is 3.26. The molecule has 0 heterocycles. The predicted octanol–water partition coefficient (Wildman–Crippen LogP) is 5.40. The van der Waals surface area contributed by atoms with Crippen molar-refractivity contribution in [2.24, 2.45) is 0 Å². The zero-order chi connectivity index (χ0) is 24.2. The number of carboxylic acids is 1. The van der Waals surface area contributed by atoms with Gasteiger partial charge in [-0.1, -0.05) is 54.6 Å². The second-order valence-electron chi connectivity index (χ2n) is 8.09. The number of carboxylic acid groups (broad SMARTS) is 1. The highest BCUT2D eigenvalue weighted by molar-refractivity contribution is 9.10. The molecule has 3 aromatic carbocycles. The number of fused-ring (bicyclic) bond motifs is 3. The number of ether oxygens (including phenoxy) is 1. The molecule has 8 heteroatoms. The summed E-state index contributed by atoms with van der Waals surface area (Å²) in [5.41, 5.74) is 4.67. The Balaban J connectivity index is 1.33. The lowest BCUT2D eigenvalue weighted by atomic mass is 9.98. The number of carbonyl (C=O) groups is 3. The Hall–Kier alpha value is -3.65. The minimum atomic E-state index is -1.15. The van der Waals surface area contributed by atoms with Crippen LogP contribution in [0.5, 0.6) is 0 Å². The van der Waals surface area contributed by atoms with Gasteiger partial charge >= 0.3 is 12.1 Å². The summed E-state index contributed by atoms with van der Waals surface area (Å²) < 4.78 is 5.97. The van der Waals surface area contributed by atoms with Crippen LogP contribution < -0.4 is 10.6 Å². The van der Waals surface area contributed by atoms with Crippen LogP contribution in [0.2, 0.25) is 0 Å². The Morgan fingerprint density at radius 1 is 0.971 bits per heavy atom. The van der Waals surface area contributed by atoms with Crippen molar-refractivity contribution in [1.82, 2.24) is 5.32 Å². The molecule has 0 unspecified atom stereocenters. The summed E-state index contributed by atoms with van der Waals surface area (Å²) in [5.74, 6) is -1.64. The van der Waals surface area contributed by atoms with Crippen LogP contribution in [0.15, 0.2) is 71.2 Å². The third-order valence-corrected chi connectivity index (χ3v) is 6.37. The maximum Gasteiger partial charge on any atom is 0.407 e. The van der Waals surface area contributed by atoms with E-state index >= 15 is 0 Å². The van der Waals surface area contributed by atoms with Gasteiger partial charge in [0.2, 0.25) is 5.91 Å². The molecule has 0 aliphatic heterocycles. The Kier molecular flexibility index (Phi) is 6.98. The van der Waals surface area contributed by atoms with Crippen LogP contribution in [0.4, 0.5) is 10.5 Å². The number of anilines is 1. The van der Waals surface area contributed by atoms with Crippen LogP contribution in [-0.4, -0.2) is 35.7 Å². The number of hydrogen-bond donors (Lipinski definition) is 3. The smallest absolute Gasteiger partial charge is 0.407 e. The molecule has 7 nitrogen and oxygen atoms in total. The van der Waals surface area contributed by atoms with E-state index in [1.54, 1.807) is 19.1 Å². The molecule has 34 heavy (non-hydrogen) atoms. The number of alkyl carbamates (subject to hydrolysis) is 1. The molecule has 0 saturated heterocycles. The third-order valence-electron chi connectivity index (χ3n) is 5.71. The Bertz CT molecular complexity index is 1210. The minimum Gasteiger partial charge on any atom is -0.478 e. The molecule has 0 aromatic heterocycles. The van der Waals surface area contributed by atoms with Crippen LogP contribution in [0.25, 0.3) is 11.1 Å². The van der Waals surface area contributed by atoms with Crippen molar-refractivity contribution in [3.05, 3.63) is 87.9 Å². The Morgan fingerprint density at radius 2 is 1.59 bits per heavy atom. The standard InChI is InChI=1S/C26H23BrN2O5/c1-15(13-23(30)29-24-20(25(31)32)11-6-12-22(24)27)28-26(33)34-14-21-18-9-4-2-7-16(18)17-8-3-5-10-19(17)21/h2-12,15,21H,13-14H2,1H3,(H,28,33)(H,29,30)(H,31,32)/t15-/m0/s1. The third kappa shape index (κ3) is 4.97. The molecule has 0 fully saturated rings. The van der Waals surface area contributed by atoms with E-state index in [4.69, 9.17) is 4.74 Å². The van der Waals surface area contributed by atoms with Crippen LogP contribution in [0, 0.1) is 0 Å². The van der Waals surface area contributed by atoms with E-state index < -0.39 is 24.0 Å². The van der Waals surface area contributed by atoms with Crippen molar-refractivity contribution < 1.29 is 24.2 Å². The number of para-hydroxylation sites is 1. The number of aromatic carboxylic acids is 1. The van der Waals surface area contributed by atoms with Gasteiger partial charge in [-0.15, -0.1) is 0 Å². The second kappa shape index (κ2) is 10.1. The zero-order valence-electron chi connectivity index (χ0n) is 18.4. The molecule has 174 valence electrons. The largest absolute Gasteiger partial charge is 0.478 e. The number of carbonyl (C=O) groups excluding carboxylic acids is 2. The van der Waals surface area contributed by atoms with Gasteiger partial charge in [0.15, 0.2) is 0 Å². The number of hydrogen-bond acceptors (Lipinski definition) is 4. The average molecular weight is 523 g/mol. The highest BCUT2D eigenvalue weighted by Gasteiger charge is 2.29. The van der Waals surface area contributed by atoms with Gasteiger partial charge in [0.1, 0.15) is 6.61 Å². The van der Waals surface area contributed by atoms with Gasteiger partial charge in [-0.05, 0) is 57.2 Å². The first-order valence-corrected chi connectivity index (χ1v) is 11.6. The maximum atomic E-state index is 12.5. The molecule has 0 spiro atoms. The Labute approximate surface area is 205 Å². The van der Waals surface area contributed by atoms with E-state index in [1.165, 1.54) is 6.07 Å². The minimum absolute atomic E-state index is 0.0279. The SMILES string of the molecule is C[C@@H](CC(=O)Nc1c(Br)cccc1C(=O)O)NC(=O)OCC1c2ccccc2-c2ccccc21. The summed E-state index contributed by atoms with van der Waals surface area (Å²) in [5, 5.41) is 14.6. The van der Waals surface area contributed by atoms with E-state index in [2.05, 4.69) is 38.7 Å². The lowest BCUT2D eigenvalue weighted by Gasteiger charge is -2.17. The molecule has 3 N–H and O–H groups in total. The van der Waals surface area contributed by atoms with Crippen molar-refractivity contribution in [2.45, 2.75) is 25.3 Å². The molecule has 0 saturated carbocycles. The first-order valence-electron chi connectivity index (χ1n) is 10.8. The number of rotatable bonds is 7. The van der Waals surface area contributed by atoms with Crippen LogP contribution >= 0.6 is 15.9 Å². The summed E-state index contributed by atoms with van der Waals surface area (Å²) in [6.45, 7) is 1.86. The number of amides is 2. The normalized spacial score (nSPS) is 12.9. The summed E-state index contributed by atoms with van der Waals surface area (Å²) in [6, 6.07) is 20.2. The van der Waals surface area contributed by atoms with E-state index in [-0.39, 0.29) is 30.2 Å². The van der Waals surface area contributed by atoms with Crippen molar-refractivity contribution >= 4 is 39.6 Å². The molecule has 1 aliphatic carbocycles. The quantitative estimate of drug-likeness (QED) is 0.385. The molecular weight excluding hydrogens is 500 g/mol. The monoisotopic (exact) mass is 522 g/mol. The van der Waals surface area contributed by atoms with Gasteiger partial charge in [-0.25, -0.2) is 9.59 Å². The topological polar surface area (TPSA) is 105 Å². The van der Waals surface area contributed by atoms with Gasteiger partial charge in [0, 0.05) is 22.9 Å². The molecule has 1 aliphatic rings. The molecule has 3 aromatic rings. The first kappa shape index (κ1) is 23.5. The highest BCUT2D eigenvalue weighted by atomic mass is 79.9. The zero-order valence-corrected chi connectivity index (χ0v) is 20.0. The molecule has 2 amide bonds. The number of benzene rings is 3. The fourth-order valence-corrected chi connectivity index (χ4v) is 4.66. The maximum absolute atomic E-state index is 12.5. The predicted molar refractivity (Wildman–Crippen MR) is 132 cm³/mol. The van der Waals surface area contributed by atoms with Gasteiger partial charge in [0.25, 0.3) is 0 Å². The van der Waals surface area contributed by atoms with Crippen LogP contribution in [0.3, 0.4) is 0 Å². The summed E-state index contributed by atoms with van der Waals surface area (Å²) in [7, 11) is 0. The summed E-state index contributed by atoms with van der Waals surface area (Å²) in [4.78, 5) is 36.3. The fourth-order valence-electron chi connectivity index (χ4n) is 4.19. The molecular formula is C26H23BrN2O5. The highest BCUT2D eigenvalue weighted by Crippen LogP contribution is 2.44. The summed E-state index contributed by atoms with van der Waals surface area (Å²) in [6.07, 6.45) is -0.667. The molecule has 4 rings (SSSR count). The number of nitrogens with one attached hydrogen (secondary N) is 2. The van der Waals surface area contributed by atoms with Crippen molar-refractivity contribution in [1.29, 1.82) is 0 Å². The van der Waals surface area contributed by atoms with Gasteiger partial charge in [-0.2, -0.15) is 0 Å². The van der Waals surface area contributed by atoms with E-state index in [0.717, 1.165) is 22.3 Å². The fraction of sp³-hybridized carbons (Fsp3) is 0.192. The molecule has 0 bridgehead atoms. The van der Waals surface area contributed by atoms with E-state index in [0.29, 0.717) is 4.47 Å². The van der Waals surface area contributed by atoms with Crippen molar-refractivity contribution in [3.63, 3.8) is 0 Å². The molecule has 0 radical (unpaired) electrons. The lowest BCUT2D eigenvalue weighted by molar-refractivity contribution is -0.116. The van der Waals surface area contributed by atoms with Gasteiger partial charge < -0.3 is 20.5 Å². The van der Waals surface area contributed by atoms with Gasteiger partial charge in [0.05, 0.1) is 11.3 Å².